The van der Waals surface area contributed by atoms with Gasteiger partial charge in [0.25, 0.3) is 5.91 Å². The molecule has 32 heavy (non-hydrogen) atoms. The first-order valence-corrected chi connectivity index (χ1v) is 10.4. The number of carbonyl (C=O) groups excluding carboxylic acids is 1. The lowest BCUT2D eigenvalue weighted by Crippen LogP contribution is -2.46. The second-order valence-corrected chi connectivity index (χ2v) is 7.87. The van der Waals surface area contributed by atoms with Crippen LogP contribution in [-0.4, -0.2) is 44.8 Å². The predicted octanol–water partition coefficient (Wildman–Crippen LogP) is 2.91. The van der Waals surface area contributed by atoms with Crippen LogP contribution in [0.5, 0.6) is 17.2 Å². The van der Waals surface area contributed by atoms with Gasteiger partial charge in [-0.25, -0.2) is 0 Å². The van der Waals surface area contributed by atoms with E-state index in [9.17, 15) is 14.7 Å². The Morgan fingerprint density at radius 1 is 1.19 bits per heavy atom. The summed E-state index contributed by atoms with van der Waals surface area (Å²) in [4.78, 5) is 31.1. The first-order chi connectivity index (χ1) is 15.3. The average Bonchev–Trinajstić information content (AvgIpc) is 3.24. The van der Waals surface area contributed by atoms with Crippen molar-refractivity contribution in [1.82, 2.24) is 14.5 Å². The predicted molar refractivity (Wildman–Crippen MR) is 120 cm³/mol. The Hall–Kier alpha value is -3.81. The molecule has 4 rings (SSSR count). The van der Waals surface area contributed by atoms with Crippen molar-refractivity contribution >= 4 is 11.5 Å². The number of hydrogen-bond acceptors (Lipinski definition) is 6. The maximum Gasteiger partial charge on any atom is 0.315 e. The van der Waals surface area contributed by atoms with Crippen LogP contribution in [0.15, 0.2) is 53.9 Å². The molecule has 1 aromatic carbocycles. The van der Waals surface area contributed by atoms with Crippen molar-refractivity contribution in [2.24, 2.45) is 0 Å². The molecular weight excluding hydrogens is 410 g/mol. The highest BCUT2D eigenvalue weighted by Gasteiger charge is 2.32. The topological polar surface area (TPSA) is 93.9 Å². The lowest BCUT2D eigenvalue weighted by molar-refractivity contribution is 0.0638. The van der Waals surface area contributed by atoms with Crippen LogP contribution >= 0.6 is 0 Å². The summed E-state index contributed by atoms with van der Waals surface area (Å²) < 4.78 is 12.5. The van der Waals surface area contributed by atoms with Crippen molar-refractivity contribution in [2.75, 3.05) is 13.3 Å². The van der Waals surface area contributed by atoms with Crippen LogP contribution in [0.3, 0.4) is 0 Å². The Labute approximate surface area is 185 Å². The van der Waals surface area contributed by atoms with E-state index in [1.165, 1.54) is 0 Å². The Balaban J connectivity index is 1.80. The van der Waals surface area contributed by atoms with E-state index in [4.69, 9.17) is 9.47 Å². The fourth-order valence-corrected chi connectivity index (χ4v) is 4.07. The first-order valence-electron chi connectivity index (χ1n) is 10.4. The molecule has 0 bridgehead atoms. The van der Waals surface area contributed by atoms with Gasteiger partial charge in [-0.1, -0.05) is 31.4 Å². The second-order valence-electron chi connectivity index (χ2n) is 7.87. The molecule has 2 aromatic rings. The van der Waals surface area contributed by atoms with Crippen LogP contribution in [0.2, 0.25) is 0 Å². The number of amides is 1. The molecular formula is C24H25N3O5. The zero-order valence-electron chi connectivity index (χ0n) is 18.1. The van der Waals surface area contributed by atoms with E-state index in [1.54, 1.807) is 21.6 Å². The summed E-state index contributed by atoms with van der Waals surface area (Å²) >= 11 is 0. The third-order valence-corrected chi connectivity index (χ3v) is 5.72. The number of nitrogens with zero attached hydrogens (tertiary/aromatic N) is 3. The maximum absolute atomic E-state index is 13.0. The van der Waals surface area contributed by atoms with Gasteiger partial charge in [0.05, 0.1) is 0 Å². The molecule has 1 aromatic heterocycles. The van der Waals surface area contributed by atoms with Gasteiger partial charge in [-0.05, 0) is 42.7 Å². The molecule has 0 atom stereocenters. The van der Waals surface area contributed by atoms with Crippen molar-refractivity contribution in [1.29, 1.82) is 0 Å². The molecule has 166 valence electrons. The van der Waals surface area contributed by atoms with E-state index >= 15 is 0 Å². The minimum atomic E-state index is -0.822. The van der Waals surface area contributed by atoms with Gasteiger partial charge in [0.1, 0.15) is 5.82 Å². The lowest BCUT2D eigenvalue weighted by Gasteiger charge is -2.34. The molecule has 8 heteroatoms. The van der Waals surface area contributed by atoms with Gasteiger partial charge in [-0.15, -0.1) is 0 Å². The van der Waals surface area contributed by atoms with Gasteiger partial charge in [0, 0.05) is 25.6 Å². The van der Waals surface area contributed by atoms with Crippen molar-refractivity contribution in [3.63, 3.8) is 0 Å². The van der Waals surface area contributed by atoms with Gasteiger partial charge in [0.15, 0.2) is 17.2 Å². The van der Waals surface area contributed by atoms with E-state index in [0.29, 0.717) is 30.4 Å². The van der Waals surface area contributed by atoms with Gasteiger partial charge < -0.3 is 24.0 Å². The third kappa shape index (κ3) is 3.57. The molecule has 0 saturated heterocycles. The van der Waals surface area contributed by atoms with E-state index in [2.05, 4.69) is 18.1 Å². The molecule has 0 aliphatic carbocycles. The van der Waals surface area contributed by atoms with Gasteiger partial charge in [-0.3, -0.25) is 9.59 Å². The van der Waals surface area contributed by atoms with Crippen molar-refractivity contribution < 1.29 is 19.4 Å². The smallest absolute Gasteiger partial charge is 0.315 e. The Kier molecular flexibility index (Phi) is 5.61. The van der Waals surface area contributed by atoms with Crippen LogP contribution in [0.1, 0.15) is 35.7 Å². The zero-order valence-corrected chi connectivity index (χ0v) is 18.1. The average molecular weight is 435 g/mol. The number of carbonyl (C=O) groups is 1. The van der Waals surface area contributed by atoms with Crippen LogP contribution in [0.25, 0.3) is 5.57 Å². The number of fused-ring (bicyclic) bond motifs is 2. The van der Waals surface area contributed by atoms with Gasteiger partial charge >= 0.3 is 5.56 Å². The SMILES string of the molecule is C=C/C(Cc1nc(=O)c(O)c2n1CCN(C(C)C)C2=O)=C(\C=C)c1ccc2c(c1)OCO2. The van der Waals surface area contributed by atoms with Crippen LogP contribution in [0, 0.1) is 0 Å². The molecule has 0 fully saturated rings. The summed E-state index contributed by atoms with van der Waals surface area (Å²) in [6.07, 6.45) is 3.62. The molecule has 2 aliphatic heterocycles. The zero-order chi connectivity index (χ0) is 23.0. The summed E-state index contributed by atoms with van der Waals surface area (Å²) in [5.41, 5.74) is 1.57. The van der Waals surface area contributed by atoms with Crippen LogP contribution < -0.4 is 15.0 Å². The Morgan fingerprint density at radius 3 is 2.62 bits per heavy atom. The minimum absolute atomic E-state index is 0.0217. The number of benzene rings is 1. The third-order valence-electron chi connectivity index (χ3n) is 5.72. The summed E-state index contributed by atoms with van der Waals surface area (Å²) in [5.74, 6) is 0.697. The summed E-state index contributed by atoms with van der Waals surface area (Å²) in [6.45, 7) is 12.7. The largest absolute Gasteiger partial charge is 0.501 e. The molecule has 3 heterocycles. The highest BCUT2D eigenvalue weighted by Crippen LogP contribution is 2.36. The van der Waals surface area contributed by atoms with Crippen molar-refractivity contribution in [2.45, 2.75) is 32.9 Å². The lowest BCUT2D eigenvalue weighted by atomic mass is 9.96. The number of aromatic nitrogens is 2. The molecule has 1 amide bonds. The van der Waals surface area contributed by atoms with Gasteiger partial charge in [0.2, 0.25) is 12.5 Å². The summed E-state index contributed by atoms with van der Waals surface area (Å²) in [5, 5.41) is 10.3. The van der Waals surface area contributed by atoms with E-state index in [0.717, 1.165) is 16.7 Å². The van der Waals surface area contributed by atoms with E-state index in [-0.39, 0.29) is 30.9 Å². The minimum Gasteiger partial charge on any atom is -0.501 e. The number of aromatic hydroxyl groups is 1. The maximum atomic E-state index is 13.0. The van der Waals surface area contributed by atoms with Crippen molar-refractivity contribution in [3.8, 4) is 17.2 Å². The molecule has 0 saturated carbocycles. The fourth-order valence-electron chi connectivity index (χ4n) is 4.07. The molecule has 0 spiro atoms. The highest BCUT2D eigenvalue weighted by molar-refractivity contribution is 5.96. The van der Waals surface area contributed by atoms with Crippen LogP contribution in [-0.2, 0) is 13.0 Å². The number of rotatable bonds is 6. The second kappa shape index (κ2) is 8.37. The van der Waals surface area contributed by atoms with E-state index < -0.39 is 11.3 Å². The molecule has 2 aliphatic rings. The quantitative estimate of drug-likeness (QED) is 0.702. The highest BCUT2D eigenvalue weighted by atomic mass is 16.7. The summed E-state index contributed by atoms with van der Waals surface area (Å²) in [6, 6.07) is 5.53. The molecule has 0 unspecified atom stereocenters. The summed E-state index contributed by atoms with van der Waals surface area (Å²) in [7, 11) is 0. The van der Waals surface area contributed by atoms with E-state index in [1.807, 2.05) is 32.0 Å². The normalized spacial score (nSPS) is 15.5. The Bertz CT molecular complexity index is 1210. The van der Waals surface area contributed by atoms with Gasteiger partial charge in [-0.2, -0.15) is 4.98 Å². The number of hydrogen-bond donors (Lipinski definition) is 1. The Morgan fingerprint density at radius 2 is 1.94 bits per heavy atom. The molecule has 8 nitrogen and oxygen atoms in total. The molecule has 1 N–H and O–H groups in total. The number of allylic oxidation sites excluding steroid dienone is 4. The van der Waals surface area contributed by atoms with Crippen molar-refractivity contribution in [3.05, 3.63) is 76.5 Å². The molecule has 0 radical (unpaired) electrons. The monoisotopic (exact) mass is 435 g/mol. The first kappa shape index (κ1) is 21.4. The standard InChI is InChI=1S/C24H25N3O5/c1-5-15(17(6-2)16-7-8-18-19(11-16)32-13-31-18)12-20-25-23(29)22(28)21-24(30)26(14(3)4)9-10-27(20)21/h5-8,11,14,28H,1-2,9-10,12-13H2,3-4H3/b17-15-. The fraction of sp³-hybridized carbons (Fsp3) is 0.292. The number of ether oxygens (including phenoxy) is 2. The van der Waals surface area contributed by atoms with Crippen LogP contribution in [0.4, 0.5) is 0 Å².